The fraction of sp³-hybridized carbons (Fsp3) is 0.688. The highest BCUT2D eigenvalue weighted by molar-refractivity contribution is 7.10. The Labute approximate surface area is 127 Å². The Hall–Kier alpha value is -0.870. The third-order valence-electron chi connectivity index (χ3n) is 3.44. The number of aryl methyl sites for hydroxylation is 1. The molecule has 1 N–H and O–H groups in total. The van der Waals surface area contributed by atoms with Gasteiger partial charge in [-0.1, -0.05) is 26.7 Å². The fourth-order valence-electron chi connectivity index (χ4n) is 2.06. The number of nitrogens with one attached hydrogen (secondary N) is 1. The summed E-state index contributed by atoms with van der Waals surface area (Å²) in [5.41, 5.74) is 1.27. The molecule has 0 fully saturated rings. The van der Waals surface area contributed by atoms with Crippen molar-refractivity contribution in [1.82, 2.24) is 10.2 Å². The molecule has 0 bridgehead atoms. The van der Waals surface area contributed by atoms with Crippen molar-refractivity contribution in [2.24, 2.45) is 0 Å². The Morgan fingerprint density at radius 1 is 1.25 bits per heavy atom. The normalized spacial score (nSPS) is 11.0. The minimum Gasteiger partial charge on any atom is -0.350 e. The largest absolute Gasteiger partial charge is 0.350 e. The quantitative estimate of drug-likeness (QED) is 0.716. The van der Waals surface area contributed by atoms with E-state index in [0.717, 1.165) is 13.1 Å². The number of carbonyl (C=O) groups excluding carboxylic acids is 1. The predicted molar refractivity (Wildman–Crippen MR) is 87.2 cm³/mol. The molecule has 0 unspecified atom stereocenters. The Balaban J connectivity index is 2.34. The standard InChI is InChI=1S/C16H28N2OS/c1-4-6-9-18(10-7-5-2)13-16(19)17-12-15-14(3)8-11-20-15/h8,11H,4-7,9-10,12-13H2,1-3H3,(H,17,19). The van der Waals surface area contributed by atoms with Crippen molar-refractivity contribution in [2.75, 3.05) is 19.6 Å². The summed E-state index contributed by atoms with van der Waals surface area (Å²) < 4.78 is 0. The first-order valence-electron chi connectivity index (χ1n) is 7.69. The first-order valence-corrected chi connectivity index (χ1v) is 8.57. The topological polar surface area (TPSA) is 32.3 Å². The summed E-state index contributed by atoms with van der Waals surface area (Å²) in [7, 11) is 0. The molecule has 0 aliphatic heterocycles. The van der Waals surface area contributed by atoms with Gasteiger partial charge in [0.1, 0.15) is 0 Å². The van der Waals surface area contributed by atoms with Crippen molar-refractivity contribution in [3.05, 3.63) is 21.9 Å². The average molecular weight is 296 g/mol. The van der Waals surface area contributed by atoms with Gasteiger partial charge in [0.2, 0.25) is 5.91 Å². The van der Waals surface area contributed by atoms with E-state index in [1.165, 1.54) is 36.1 Å². The van der Waals surface area contributed by atoms with Crippen LogP contribution in [0.2, 0.25) is 0 Å². The lowest BCUT2D eigenvalue weighted by Crippen LogP contribution is -2.38. The summed E-state index contributed by atoms with van der Waals surface area (Å²) in [4.78, 5) is 15.6. The molecule has 0 saturated carbocycles. The summed E-state index contributed by atoms with van der Waals surface area (Å²) in [6, 6.07) is 2.10. The molecular weight excluding hydrogens is 268 g/mol. The Morgan fingerprint density at radius 3 is 2.40 bits per heavy atom. The van der Waals surface area contributed by atoms with Crippen molar-refractivity contribution in [3.8, 4) is 0 Å². The second kappa shape index (κ2) is 9.94. The number of unbranched alkanes of at least 4 members (excludes halogenated alkanes) is 2. The van der Waals surface area contributed by atoms with Gasteiger partial charge in [-0.3, -0.25) is 9.69 Å². The lowest BCUT2D eigenvalue weighted by molar-refractivity contribution is -0.122. The van der Waals surface area contributed by atoms with Crippen LogP contribution in [0, 0.1) is 6.92 Å². The van der Waals surface area contributed by atoms with Gasteiger partial charge < -0.3 is 5.32 Å². The highest BCUT2D eigenvalue weighted by atomic mass is 32.1. The molecule has 0 atom stereocenters. The number of amides is 1. The lowest BCUT2D eigenvalue weighted by Gasteiger charge is -2.21. The van der Waals surface area contributed by atoms with E-state index in [1.807, 2.05) is 0 Å². The second-order valence-electron chi connectivity index (χ2n) is 5.29. The van der Waals surface area contributed by atoms with Crippen LogP contribution in [0.1, 0.15) is 50.0 Å². The van der Waals surface area contributed by atoms with Crippen LogP contribution in [0.25, 0.3) is 0 Å². The fourth-order valence-corrected chi connectivity index (χ4v) is 2.90. The van der Waals surface area contributed by atoms with Gasteiger partial charge in [0.15, 0.2) is 0 Å². The predicted octanol–water partition coefficient (Wildman–Crippen LogP) is 3.57. The summed E-state index contributed by atoms with van der Waals surface area (Å²) in [5, 5.41) is 5.11. The maximum atomic E-state index is 12.0. The molecule has 1 aromatic rings. The first-order chi connectivity index (χ1) is 9.67. The van der Waals surface area contributed by atoms with Crippen molar-refractivity contribution in [1.29, 1.82) is 0 Å². The third kappa shape index (κ3) is 6.53. The minimum absolute atomic E-state index is 0.144. The zero-order chi connectivity index (χ0) is 14.8. The molecule has 0 spiro atoms. The number of carbonyl (C=O) groups is 1. The first kappa shape index (κ1) is 17.2. The summed E-state index contributed by atoms with van der Waals surface area (Å²) in [6.45, 7) is 9.73. The number of thiophene rings is 1. The van der Waals surface area contributed by atoms with E-state index >= 15 is 0 Å². The molecule has 0 radical (unpaired) electrons. The van der Waals surface area contributed by atoms with Gasteiger partial charge in [0.25, 0.3) is 0 Å². The van der Waals surface area contributed by atoms with E-state index in [0.29, 0.717) is 13.1 Å². The van der Waals surface area contributed by atoms with E-state index in [9.17, 15) is 4.79 Å². The molecule has 1 aromatic heterocycles. The van der Waals surface area contributed by atoms with Crippen LogP contribution >= 0.6 is 11.3 Å². The zero-order valence-electron chi connectivity index (χ0n) is 13.1. The zero-order valence-corrected chi connectivity index (χ0v) is 13.9. The van der Waals surface area contributed by atoms with Crippen molar-refractivity contribution < 1.29 is 4.79 Å². The van der Waals surface area contributed by atoms with Gasteiger partial charge >= 0.3 is 0 Å². The highest BCUT2D eigenvalue weighted by Gasteiger charge is 2.10. The Morgan fingerprint density at radius 2 is 1.90 bits per heavy atom. The van der Waals surface area contributed by atoms with E-state index in [-0.39, 0.29) is 5.91 Å². The van der Waals surface area contributed by atoms with E-state index in [1.54, 1.807) is 11.3 Å². The van der Waals surface area contributed by atoms with Crippen molar-refractivity contribution >= 4 is 17.2 Å². The molecule has 3 nitrogen and oxygen atoms in total. The Bertz CT molecular complexity index is 382. The van der Waals surface area contributed by atoms with Gasteiger partial charge in [0.05, 0.1) is 13.1 Å². The minimum atomic E-state index is 0.144. The maximum absolute atomic E-state index is 12.0. The maximum Gasteiger partial charge on any atom is 0.234 e. The molecule has 1 rings (SSSR count). The van der Waals surface area contributed by atoms with Crippen molar-refractivity contribution in [3.63, 3.8) is 0 Å². The van der Waals surface area contributed by atoms with E-state index in [4.69, 9.17) is 0 Å². The van der Waals surface area contributed by atoms with Crippen LogP contribution in [0.5, 0.6) is 0 Å². The molecule has 20 heavy (non-hydrogen) atoms. The van der Waals surface area contributed by atoms with Gasteiger partial charge in [-0.2, -0.15) is 0 Å². The van der Waals surface area contributed by atoms with Gasteiger partial charge in [-0.25, -0.2) is 0 Å². The summed E-state index contributed by atoms with van der Waals surface area (Å²) >= 11 is 1.71. The number of hydrogen-bond donors (Lipinski definition) is 1. The molecule has 0 aliphatic rings. The molecule has 4 heteroatoms. The number of rotatable bonds is 10. The molecule has 0 saturated heterocycles. The molecule has 0 aromatic carbocycles. The summed E-state index contributed by atoms with van der Waals surface area (Å²) in [5.74, 6) is 0.144. The van der Waals surface area contributed by atoms with Crippen LogP contribution in [0.4, 0.5) is 0 Å². The van der Waals surface area contributed by atoms with Crippen LogP contribution in [-0.2, 0) is 11.3 Å². The lowest BCUT2D eigenvalue weighted by atomic mass is 10.2. The number of hydrogen-bond acceptors (Lipinski definition) is 3. The molecule has 1 heterocycles. The molecular formula is C16H28N2OS. The highest BCUT2D eigenvalue weighted by Crippen LogP contribution is 2.14. The van der Waals surface area contributed by atoms with Crippen molar-refractivity contribution in [2.45, 2.75) is 53.0 Å². The SMILES string of the molecule is CCCCN(CCCC)CC(=O)NCc1sccc1C. The van der Waals surface area contributed by atoms with Gasteiger partial charge in [0, 0.05) is 4.88 Å². The second-order valence-corrected chi connectivity index (χ2v) is 6.29. The van der Waals surface area contributed by atoms with Crippen LogP contribution < -0.4 is 5.32 Å². The Kier molecular flexibility index (Phi) is 8.54. The third-order valence-corrected chi connectivity index (χ3v) is 4.46. The van der Waals surface area contributed by atoms with Crippen LogP contribution in [-0.4, -0.2) is 30.4 Å². The molecule has 114 valence electrons. The number of nitrogens with zero attached hydrogens (tertiary/aromatic N) is 1. The monoisotopic (exact) mass is 296 g/mol. The average Bonchev–Trinajstić information content (AvgIpc) is 2.85. The molecule has 1 amide bonds. The van der Waals surface area contributed by atoms with Gasteiger partial charge in [-0.05, 0) is 49.9 Å². The molecule has 0 aliphatic carbocycles. The van der Waals surface area contributed by atoms with Crippen LogP contribution in [0.15, 0.2) is 11.4 Å². The van der Waals surface area contributed by atoms with Crippen LogP contribution in [0.3, 0.4) is 0 Å². The van der Waals surface area contributed by atoms with Gasteiger partial charge in [-0.15, -0.1) is 11.3 Å². The summed E-state index contributed by atoms with van der Waals surface area (Å²) in [6.07, 6.45) is 4.69. The smallest absolute Gasteiger partial charge is 0.234 e. The van der Waals surface area contributed by atoms with E-state index < -0.39 is 0 Å². The van der Waals surface area contributed by atoms with E-state index in [2.05, 4.69) is 42.4 Å².